The van der Waals surface area contributed by atoms with Gasteiger partial charge >= 0.3 is 0 Å². The predicted octanol–water partition coefficient (Wildman–Crippen LogP) is 0.317. The molecule has 0 heterocycles. The zero-order chi connectivity index (χ0) is 12.8. The number of ether oxygens (including phenoxy) is 1. The topological polar surface area (TPSA) is 93.9 Å². The number of aryl methyl sites for hydroxylation is 2. The number of aliphatic hydroxyl groups is 1. The summed E-state index contributed by atoms with van der Waals surface area (Å²) >= 11 is 0. The van der Waals surface area contributed by atoms with Gasteiger partial charge in [0.25, 0.3) is 0 Å². The molecule has 94 valence electrons. The highest BCUT2D eigenvalue weighted by atomic mass is 16.5. The van der Waals surface area contributed by atoms with E-state index >= 15 is 0 Å². The lowest BCUT2D eigenvalue weighted by atomic mass is 10.1. The fourth-order valence-corrected chi connectivity index (χ4v) is 1.47. The molecule has 0 bridgehead atoms. The van der Waals surface area contributed by atoms with Crippen LogP contribution in [0.2, 0.25) is 0 Å². The normalized spacial score (nSPS) is 11.9. The number of benzene rings is 1. The van der Waals surface area contributed by atoms with Gasteiger partial charge in [-0.3, -0.25) is 4.99 Å². The highest BCUT2D eigenvalue weighted by Gasteiger charge is 2.07. The van der Waals surface area contributed by atoms with E-state index in [0.29, 0.717) is 0 Å². The zero-order valence-electron chi connectivity index (χ0n) is 10.2. The van der Waals surface area contributed by atoms with Crippen molar-refractivity contribution in [3.63, 3.8) is 0 Å². The molecule has 1 aromatic rings. The van der Waals surface area contributed by atoms with Crippen molar-refractivity contribution in [2.45, 2.75) is 20.0 Å². The van der Waals surface area contributed by atoms with Crippen molar-refractivity contribution in [3.05, 3.63) is 29.3 Å². The largest absolute Gasteiger partial charge is 0.490 e. The third kappa shape index (κ3) is 4.32. The van der Waals surface area contributed by atoms with E-state index in [1.54, 1.807) is 0 Å². The van der Waals surface area contributed by atoms with E-state index in [9.17, 15) is 5.11 Å². The second-order valence-corrected chi connectivity index (χ2v) is 3.95. The third-order valence-electron chi connectivity index (χ3n) is 2.31. The molecule has 0 amide bonds. The Morgan fingerprint density at radius 2 is 1.94 bits per heavy atom. The lowest BCUT2D eigenvalue weighted by molar-refractivity contribution is 0.114. The first-order valence-corrected chi connectivity index (χ1v) is 5.43. The second kappa shape index (κ2) is 6.10. The van der Waals surface area contributed by atoms with E-state index in [0.717, 1.165) is 16.9 Å². The first-order valence-electron chi connectivity index (χ1n) is 5.43. The summed E-state index contributed by atoms with van der Waals surface area (Å²) in [5.41, 5.74) is 12.4. The Kier molecular flexibility index (Phi) is 4.78. The number of hydrogen-bond acceptors (Lipinski definition) is 3. The summed E-state index contributed by atoms with van der Waals surface area (Å²) in [5, 5.41) is 9.60. The monoisotopic (exact) mass is 237 g/mol. The van der Waals surface area contributed by atoms with E-state index in [1.165, 1.54) is 0 Å². The van der Waals surface area contributed by atoms with Crippen molar-refractivity contribution in [2.24, 2.45) is 16.5 Å². The summed E-state index contributed by atoms with van der Waals surface area (Å²) in [5.74, 6) is 0.771. The van der Waals surface area contributed by atoms with Crippen molar-refractivity contribution >= 4 is 5.96 Å². The molecule has 0 aliphatic carbocycles. The Morgan fingerprint density at radius 1 is 1.35 bits per heavy atom. The van der Waals surface area contributed by atoms with Crippen molar-refractivity contribution < 1.29 is 9.84 Å². The molecule has 5 N–H and O–H groups in total. The minimum Gasteiger partial charge on any atom is -0.490 e. The zero-order valence-corrected chi connectivity index (χ0v) is 10.2. The first kappa shape index (κ1) is 13.3. The Hall–Kier alpha value is -1.75. The highest BCUT2D eigenvalue weighted by Crippen LogP contribution is 2.22. The number of hydrogen-bond donors (Lipinski definition) is 3. The number of nitrogens with two attached hydrogens (primary N) is 2. The van der Waals surface area contributed by atoms with Crippen LogP contribution >= 0.6 is 0 Å². The summed E-state index contributed by atoms with van der Waals surface area (Å²) in [7, 11) is 0. The quantitative estimate of drug-likeness (QED) is 0.507. The van der Waals surface area contributed by atoms with Crippen LogP contribution in [0.3, 0.4) is 0 Å². The molecule has 0 radical (unpaired) electrons. The van der Waals surface area contributed by atoms with Crippen molar-refractivity contribution in [2.75, 3.05) is 13.2 Å². The average molecular weight is 237 g/mol. The van der Waals surface area contributed by atoms with Crippen LogP contribution in [-0.2, 0) is 0 Å². The number of guanidine groups is 1. The fraction of sp³-hybridized carbons (Fsp3) is 0.417. The van der Waals surface area contributed by atoms with Gasteiger partial charge in [-0.2, -0.15) is 0 Å². The molecule has 5 heteroatoms. The fourth-order valence-electron chi connectivity index (χ4n) is 1.47. The van der Waals surface area contributed by atoms with E-state index in [2.05, 4.69) is 4.99 Å². The van der Waals surface area contributed by atoms with Crippen LogP contribution in [0.4, 0.5) is 0 Å². The Balaban J connectivity index is 2.53. The molecule has 0 saturated heterocycles. The van der Waals surface area contributed by atoms with E-state index in [1.807, 2.05) is 32.0 Å². The molecule has 1 rings (SSSR count). The van der Waals surface area contributed by atoms with Crippen molar-refractivity contribution in [3.8, 4) is 5.75 Å². The first-order chi connectivity index (χ1) is 8.00. The Bertz CT molecular complexity index is 380. The minimum atomic E-state index is -0.712. The molecule has 0 spiro atoms. The molecule has 0 saturated carbocycles. The number of nitrogens with zero attached hydrogens (tertiary/aromatic N) is 1. The van der Waals surface area contributed by atoms with Gasteiger partial charge in [-0.1, -0.05) is 18.2 Å². The summed E-state index contributed by atoms with van der Waals surface area (Å²) < 4.78 is 5.56. The summed E-state index contributed by atoms with van der Waals surface area (Å²) in [6.07, 6.45) is -0.712. The van der Waals surface area contributed by atoms with E-state index in [4.69, 9.17) is 16.2 Å². The van der Waals surface area contributed by atoms with Gasteiger partial charge in [-0.25, -0.2) is 0 Å². The average Bonchev–Trinajstić information content (AvgIpc) is 2.25. The second-order valence-electron chi connectivity index (χ2n) is 3.95. The number of rotatable bonds is 5. The summed E-state index contributed by atoms with van der Waals surface area (Å²) in [6, 6.07) is 5.89. The van der Waals surface area contributed by atoms with Crippen LogP contribution in [0.5, 0.6) is 5.75 Å². The van der Waals surface area contributed by atoms with Gasteiger partial charge in [-0.15, -0.1) is 0 Å². The maximum atomic E-state index is 9.60. The lowest BCUT2D eigenvalue weighted by Gasteiger charge is -2.14. The highest BCUT2D eigenvalue weighted by molar-refractivity contribution is 5.75. The van der Waals surface area contributed by atoms with Gasteiger partial charge in [0.1, 0.15) is 18.5 Å². The van der Waals surface area contributed by atoms with Crippen LogP contribution in [-0.4, -0.2) is 30.3 Å². The molecule has 0 aromatic heterocycles. The SMILES string of the molecule is Cc1cccc(C)c1OCC(O)CN=C(N)N. The third-order valence-corrected chi connectivity index (χ3v) is 2.31. The van der Waals surface area contributed by atoms with Crippen LogP contribution in [0, 0.1) is 13.8 Å². The molecule has 0 aliphatic heterocycles. The van der Waals surface area contributed by atoms with E-state index in [-0.39, 0.29) is 19.1 Å². The standard InChI is InChI=1S/C12H19N3O2/c1-8-4-3-5-9(2)11(8)17-7-10(16)6-15-12(13)14/h3-5,10,16H,6-7H2,1-2H3,(H4,13,14,15). The molecule has 1 unspecified atom stereocenters. The molecule has 17 heavy (non-hydrogen) atoms. The van der Waals surface area contributed by atoms with Crippen LogP contribution < -0.4 is 16.2 Å². The van der Waals surface area contributed by atoms with Gasteiger partial charge < -0.3 is 21.3 Å². The number of para-hydroxylation sites is 1. The molecule has 0 aliphatic rings. The smallest absolute Gasteiger partial charge is 0.186 e. The van der Waals surface area contributed by atoms with Gasteiger partial charge in [0.05, 0.1) is 6.54 Å². The summed E-state index contributed by atoms with van der Waals surface area (Å²) in [4.78, 5) is 3.72. The molecule has 1 aromatic carbocycles. The maximum Gasteiger partial charge on any atom is 0.186 e. The molecule has 1 atom stereocenters. The molecular formula is C12H19N3O2. The Morgan fingerprint density at radius 3 is 2.47 bits per heavy atom. The number of aliphatic imine (C=N–C) groups is 1. The van der Waals surface area contributed by atoms with Gasteiger partial charge in [0, 0.05) is 0 Å². The maximum absolute atomic E-state index is 9.60. The number of aliphatic hydroxyl groups excluding tert-OH is 1. The molecular weight excluding hydrogens is 218 g/mol. The van der Waals surface area contributed by atoms with Crippen molar-refractivity contribution in [1.29, 1.82) is 0 Å². The molecule has 0 fully saturated rings. The van der Waals surface area contributed by atoms with Gasteiger partial charge in [-0.05, 0) is 25.0 Å². The Labute approximate surface area is 101 Å². The van der Waals surface area contributed by atoms with Crippen molar-refractivity contribution in [1.82, 2.24) is 0 Å². The minimum absolute atomic E-state index is 0.0314. The van der Waals surface area contributed by atoms with Crippen LogP contribution in [0.1, 0.15) is 11.1 Å². The predicted molar refractivity (Wildman–Crippen MR) is 68.1 cm³/mol. The lowest BCUT2D eigenvalue weighted by Crippen LogP contribution is -2.27. The van der Waals surface area contributed by atoms with E-state index < -0.39 is 6.10 Å². The van der Waals surface area contributed by atoms with Gasteiger partial charge in [0.2, 0.25) is 0 Å². The summed E-state index contributed by atoms with van der Waals surface area (Å²) in [6.45, 7) is 4.24. The van der Waals surface area contributed by atoms with Gasteiger partial charge in [0.15, 0.2) is 5.96 Å². The molecule has 5 nitrogen and oxygen atoms in total. The van der Waals surface area contributed by atoms with Crippen LogP contribution in [0.25, 0.3) is 0 Å². The van der Waals surface area contributed by atoms with Crippen LogP contribution in [0.15, 0.2) is 23.2 Å².